The molecule has 4 heteroatoms. The first-order valence-electron chi connectivity index (χ1n) is 4.93. The fourth-order valence-corrected chi connectivity index (χ4v) is 1.50. The lowest BCUT2D eigenvalue weighted by atomic mass is 10.2. The van der Waals surface area contributed by atoms with Gasteiger partial charge in [0.2, 0.25) is 0 Å². The fourth-order valence-electron chi connectivity index (χ4n) is 1.50. The lowest BCUT2D eigenvalue weighted by Crippen LogP contribution is -1.93. The average molecular weight is 208 g/mol. The van der Waals surface area contributed by atoms with E-state index >= 15 is 0 Å². The maximum atomic E-state index is 4.43. The highest BCUT2D eigenvalue weighted by Gasteiger charge is 2.02. The summed E-state index contributed by atoms with van der Waals surface area (Å²) in [6.07, 6.45) is 3.36. The molecule has 0 radical (unpaired) electrons. The number of rotatable bonds is 1. The van der Waals surface area contributed by atoms with Crippen LogP contribution >= 0.6 is 0 Å². The molecule has 0 bridgehead atoms. The summed E-state index contributed by atoms with van der Waals surface area (Å²) < 4.78 is 0. The molecule has 0 spiro atoms. The van der Waals surface area contributed by atoms with Gasteiger partial charge in [-0.15, -0.1) is 10.2 Å². The minimum atomic E-state index is 0.638. The van der Waals surface area contributed by atoms with Crippen LogP contribution in [0.3, 0.4) is 0 Å². The molecule has 1 aromatic carbocycles. The highest BCUT2D eigenvalue weighted by molar-refractivity contribution is 5.74. The van der Waals surface area contributed by atoms with Crippen molar-refractivity contribution in [3.63, 3.8) is 0 Å². The topological polar surface area (TPSA) is 51.6 Å². The molecule has 4 nitrogen and oxygen atoms in total. The Labute approximate surface area is 92.0 Å². The van der Waals surface area contributed by atoms with Crippen molar-refractivity contribution in [2.45, 2.75) is 0 Å². The molecule has 2 aromatic heterocycles. The van der Waals surface area contributed by atoms with Gasteiger partial charge in [0.15, 0.2) is 5.82 Å². The van der Waals surface area contributed by atoms with Crippen molar-refractivity contribution in [2.75, 3.05) is 0 Å². The fraction of sp³-hybridized carbons (Fsp3) is 0. The number of pyridine rings is 1. The van der Waals surface area contributed by atoms with Crippen molar-refractivity contribution in [1.29, 1.82) is 0 Å². The number of fused-ring (bicyclic) bond motifs is 1. The first kappa shape index (κ1) is 8.91. The van der Waals surface area contributed by atoms with Gasteiger partial charge in [-0.05, 0) is 6.07 Å². The highest BCUT2D eigenvalue weighted by Crippen LogP contribution is 2.15. The van der Waals surface area contributed by atoms with Crippen LogP contribution in [0.25, 0.3) is 22.4 Å². The molecule has 0 aliphatic heterocycles. The van der Waals surface area contributed by atoms with E-state index in [9.17, 15) is 0 Å². The number of nitrogens with zero attached hydrogens (tertiary/aromatic N) is 4. The van der Waals surface area contributed by atoms with E-state index in [4.69, 9.17) is 0 Å². The van der Waals surface area contributed by atoms with E-state index in [2.05, 4.69) is 20.2 Å². The second kappa shape index (κ2) is 3.66. The number of aromatic nitrogens is 4. The Balaban J connectivity index is 2.19. The Morgan fingerprint density at radius 2 is 1.69 bits per heavy atom. The molecule has 0 unspecified atom stereocenters. The quantitative estimate of drug-likeness (QED) is 0.614. The molecule has 0 amide bonds. The molecule has 2 heterocycles. The van der Waals surface area contributed by atoms with Gasteiger partial charge in [-0.1, -0.05) is 30.3 Å². The van der Waals surface area contributed by atoms with Gasteiger partial charge >= 0.3 is 0 Å². The van der Waals surface area contributed by atoms with Gasteiger partial charge in [0.05, 0.1) is 11.7 Å². The normalized spacial score (nSPS) is 10.5. The summed E-state index contributed by atoms with van der Waals surface area (Å²) in [6, 6.07) is 11.6. The minimum Gasteiger partial charge on any atom is -0.262 e. The third-order valence-corrected chi connectivity index (χ3v) is 2.29. The molecule has 16 heavy (non-hydrogen) atoms. The molecule has 0 fully saturated rings. The van der Waals surface area contributed by atoms with Crippen LogP contribution in [0.2, 0.25) is 0 Å². The van der Waals surface area contributed by atoms with Crippen LogP contribution in [-0.4, -0.2) is 20.2 Å². The third-order valence-electron chi connectivity index (χ3n) is 2.29. The van der Waals surface area contributed by atoms with Gasteiger partial charge in [0.1, 0.15) is 5.52 Å². The molecular formula is C12H8N4. The molecule has 76 valence electrons. The second-order valence-corrected chi connectivity index (χ2v) is 3.37. The molecule has 0 atom stereocenters. The van der Waals surface area contributed by atoms with Crippen LogP contribution in [0.4, 0.5) is 0 Å². The lowest BCUT2D eigenvalue weighted by Gasteiger charge is -1.99. The van der Waals surface area contributed by atoms with Crippen LogP contribution in [0.5, 0.6) is 0 Å². The van der Waals surface area contributed by atoms with Gasteiger partial charge < -0.3 is 0 Å². The lowest BCUT2D eigenvalue weighted by molar-refractivity contribution is 1.03. The standard InChI is InChI=1S/C12H8N4/c1-2-4-9(5-3-1)12-14-10-6-7-13-8-11(10)15-16-12/h1-8H. The summed E-state index contributed by atoms with van der Waals surface area (Å²) in [5.74, 6) is 0.638. The molecule has 0 N–H and O–H groups in total. The second-order valence-electron chi connectivity index (χ2n) is 3.37. The van der Waals surface area contributed by atoms with Crippen molar-refractivity contribution < 1.29 is 0 Å². The smallest absolute Gasteiger partial charge is 0.182 e. The van der Waals surface area contributed by atoms with Crippen LogP contribution in [-0.2, 0) is 0 Å². The monoisotopic (exact) mass is 208 g/mol. The number of hydrogen-bond acceptors (Lipinski definition) is 4. The van der Waals surface area contributed by atoms with E-state index < -0.39 is 0 Å². The maximum absolute atomic E-state index is 4.43. The molecule has 0 saturated carbocycles. The van der Waals surface area contributed by atoms with Crippen molar-refractivity contribution in [2.24, 2.45) is 0 Å². The van der Waals surface area contributed by atoms with E-state index in [0.29, 0.717) is 11.3 Å². The third kappa shape index (κ3) is 1.50. The Kier molecular flexibility index (Phi) is 2.04. The predicted molar refractivity (Wildman–Crippen MR) is 60.6 cm³/mol. The van der Waals surface area contributed by atoms with Gasteiger partial charge in [0, 0.05) is 11.8 Å². The van der Waals surface area contributed by atoms with Crippen molar-refractivity contribution in [3.8, 4) is 11.4 Å². The SMILES string of the molecule is c1ccc(-c2nnc3cnccc3n2)cc1. The first-order chi connectivity index (χ1) is 7.93. The Morgan fingerprint density at radius 3 is 2.56 bits per heavy atom. The van der Waals surface area contributed by atoms with Crippen molar-refractivity contribution in [1.82, 2.24) is 20.2 Å². The molecule has 0 aliphatic carbocycles. The van der Waals surface area contributed by atoms with Crippen LogP contribution < -0.4 is 0 Å². The Hall–Kier alpha value is -2.36. The van der Waals surface area contributed by atoms with E-state index in [0.717, 1.165) is 11.1 Å². The van der Waals surface area contributed by atoms with Crippen molar-refractivity contribution in [3.05, 3.63) is 48.8 Å². The summed E-state index contributed by atoms with van der Waals surface area (Å²) >= 11 is 0. The molecular weight excluding hydrogens is 200 g/mol. The van der Waals surface area contributed by atoms with Crippen molar-refractivity contribution >= 4 is 11.0 Å². The molecule has 0 saturated heterocycles. The summed E-state index contributed by atoms with van der Waals surface area (Å²) in [6.45, 7) is 0. The minimum absolute atomic E-state index is 0.638. The molecule has 0 aliphatic rings. The maximum Gasteiger partial charge on any atom is 0.182 e. The van der Waals surface area contributed by atoms with Crippen LogP contribution in [0, 0.1) is 0 Å². The predicted octanol–water partition coefficient (Wildman–Crippen LogP) is 2.09. The summed E-state index contributed by atoms with van der Waals surface area (Å²) in [4.78, 5) is 8.40. The van der Waals surface area contributed by atoms with E-state index in [1.807, 2.05) is 36.4 Å². The van der Waals surface area contributed by atoms with E-state index in [-0.39, 0.29) is 0 Å². The Bertz CT molecular complexity index is 622. The number of hydrogen-bond donors (Lipinski definition) is 0. The summed E-state index contributed by atoms with van der Waals surface area (Å²) in [7, 11) is 0. The van der Waals surface area contributed by atoms with E-state index in [1.165, 1.54) is 0 Å². The highest BCUT2D eigenvalue weighted by atomic mass is 15.2. The Morgan fingerprint density at radius 1 is 0.812 bits per heavy atom. The first-order valence-corrected chi connectivity index (χ1v) is 4.93. The zero-order valence-electron chi connectivity index (χ0n) is 8.41. The average Bonchev–Trinajstić information content (AvgIpc) is 2.39. The zero-order chi connectivity index (χ0) is 10.8. The largest absolute Gasteiger partial charge is 0.262 e. The van der Waals surface area contributed by atoms with Crippen LogP contribution in [0.15, 0.2) is 48.8 Å². The van der Waals surface area contributed by atoms with Gasteiger partial charge in [0.25, 0.3) is 0 Å². The number of benzene rings is 1. The van der Waals surface area contributed by atoms with Gasteiger partial charge in [-0.25, -0.2) is 4.98 Å². The summed E-state index contributed by atoms with van der Waals surface area (Å²) in [5, 5.41) is 8.16. The van der Waals surface area contributed by atoms with Gasteiger partial charge in [-0.3, -0.25) is 4.98 Å². The van der Waals surface area contributed by atoms with Crippen LogP contribution in [0.1, 0.15) is 0 Å². The molecule has 3 rings (SSSR count). The van der Waals surface area contributed by atoms with E-state index in [1.54, 1.807) is 12.4 Å². The summed E-state index contributed by atoms with van der Waals surface area (Å²) in [5.41, 5.74) is 2.49. The van der Waals surface area contributed by atoms with Gasteiger partial charge in [-0.2, -0.15) is 0 Å². The molecule has 3 aromatic rings. The zero-order valence-corrected chi connectivity index (χ0v) is 8.41.